The monoisotopic (exact) mass is 421 g/mol. The van der Waals surface area contributed by atoms with Crippen LogP contribution in [-0.4, -0.2) is 9.97 Å². The normalized spacial score (nSPS) is 12.4. The second-order valence-electron chi connectivity index (χ2n) is 8.34. The molecule has 3 aromatic heterocycles. The summed E-state index contributed by atoms with van der Waals surface area (Å²) in [5.41, 5.74) is 8.62. The van der Waals surface area contributed by atoms with E-state index >= 15 is 0 Å². The van der Waals surface area contributed by atoms with Gasteiger partial charge in [-0.05, 0) is 79.6 Å². The molecular formula is C29H28N2O. The molecule has 32 heavy (non-hydrogen) atoms. The Morgan fingerprint density at radius 2 is 1.62 bits per heavy atom. The quantitative estimate of drug-likeness (QED) is 0.287. The Hall–Kier alpha value is -3.46. The lowest BCUT2D eigenvalue weighted by Gasteiger charge is -2.13. The molecular weight excluding hydrogens is 392 g/mol. The van der Waals surface area contributed by atoms with Crippen LogP contribution in [0.3, 0.4) is 0 Å². The number of pyridine rings is 2. The standard InChI is InChI=1S/C29H28N2O/c1-5-20(6-2)21-15-16-30-26(17-21)24-12-8-11-22-23-13-14-25(31-29(23)32-28(22)24)27-18(3)9-7-10-19(27)4/h7-17,20H,5-6H2,1-4H3/i20D. The molecule has 3 heteroatoms. The molecule has 0 aliphatic heterocycles. The molecule has 0 saturated heterocycles. The molecule has 0 amide bonds. The Labute approximate surface area is 190 Å². The highest BCUT2D eigenvalue weighted by atomic mass is 16.3. The first-order chi connectivity index (χ1) is 15.9. The van der Waals surface area contributed by atoms with Crippen LogP contribution >= 0.6 is 0 Å². The lowest BCUT2D eigenvalue weighted by atomic mass is 9.93. The van der Waals surface area contributed by atoms with Crippen LogP contribution < -0.4 is 0 Å². The van der Waals surface area contributed by atoms with Crippen molar-refractivity contribution < 1.29 is 5.79 Å². The molecule has 0 unspecified atom stereocenters. The van der Waals surface area contributed by atoms with Gasteiger partial charge in [0.2, 0.25) is 5.71 Å². The fourth-order valence-corrected chi connectivity index (χ4v) is 4.69. The van der Waals surface area contributed by atoms with Gasteiger partial charge in [-0.3, -0.25) is 4.98 Å². The van der Waals surface area contributed by atoms with E-state index in [0.717, 1.165) is 57.3 Å². The van der Waals surface area contributed by atoms with Crippen molar-refractivity contribution in [3.8, 4) is 22.5 Å². The summed E-state index contributed by atoms with van der Waals surface area (Å²) in [6.07, 6.45) is 3.32. The highest BCUT2D eigenvalue weighted by molar-refractivity contribution is 6.08. The van der Waals surface area contributed by atoms with Gasteiger partial charge in [0.05, 0.1) is 11.4 Å². The van der Waals surface area contributed by atoms with E-state index in [1.807, 2.05) is 24.3 Å². The van der Waals surface area contributed by atoms with E-state index in [4.69, 9.17) is 10.8 Å². The van der Waals surface area contributed by atoms with Gasteiger partial charge in [0.15, 0.2) is 0 Å². The Morgan fingerprint density at radius 1 is 0.875 bits per heavy atom. The van der Waals surface area contributed by atoms with Gasteiger partial charge >= 0.3 is 0 Å². The van der Waals surface area contributed by atoms with E-state index in [-0.39, 0.29) is 0 Å². The third kappa shape index (κ3) is 3.38. The number of para-hydroxylation sites is 1. The fraction of sp³-hybridized carbons (Fsp3) is 0.241. The number of fused-ring (bicyclic) bond motifs is 3. The van der Waals surface area contributed by atoms with Gasteiger partial charge in [0.1, 0.15) is 5.58 Å². The van der Waals surface area contributed by atoms with Gasteiger partial charge in [0.25, 0.3) is 0 Å². The van der Waals surface area contributed by atoms with Crippen molar-refractivity contribution in [3.63, 3.8) is 0 Å². The Bertz CT molecular complexity index is 1460. The summed E-state index contributed by atoms with van der Waals surface area (Å²) in [5, 5.41) is 2.02. The average Bonchev–Trinajstić information content (AvgIpc) is 3.21. The number of aryl methyl sites for hydroxylation is 2. The molecule has 0 atom stereocenters. The fourth-order valence-electron chi connectivity index (χ4n) is 4.69. The van der Waals surface area contributed by atoms with Crippen LogP contribution in [0.4, 0.5) is 0 Å². The van der Waals surface area contributed by atoms with Crippen molar-refractivity contribution in [1.82, 2.24) is 9.97 Å². The Morgan fingerprint density at radius 3 is 2.38 bits per heavy atom. The molecule has 3 nitrogen and oxygen atoms in total. The minimum absolute atomic E-state index is 0.610. The zero-order valence-corrected chi connectivity index (χ0v) is 19.1. The first-order valence-corrected chi connectivity index (χ1v) is 11.3. The van der Waals surface area contributed by atoms with Gasteiger partial charge in [-0.1, -0.05) is 44.2 Å². The summed E-state index contributed by atoms with van der Waals surface area (Å²) in [5.74, 6) is -0.610. The average molecular weight is 422 g/mol. The van der Waals surface area contributed by atoms with Crippen molar-refractivity contribution in [3.05, 3.63) is 83.6 Å². The van der Waals surface area contributed by atoms with Gasteiger partial charge in [-0.25, -0.2) is 4.98 Å². The van der Waals surface area contributed by atoms with Crippen molar-refractivity contribution in [1.29, 1.82) is 0 Å². The third-order valence-corrected chi connectivity index (χ3v) is 6.40. The number of furan rings is 1. The van der Waals surface area contributed by atoms with Crippen molar-refractivity contribution in [2.24, 2.45) is 0 Å². The van der Waals surface area contributed by atoms with Gasteiger partial charge in [-0.2, -0.15) is 0 Å². The second kappa shape index (κ2) is 8.23. The molecule has 0 fully saturated rings. The summed E-state index contributed by atoms with van der Waals surface area (Å²) in [6, 6.07) is 20.6. The third-order valence-electron chi connectivity index (χ3n) is 6.40. The first kappa shape index (κ1) is 19.2. The van der Waals surface area contributed by atoms with Crippen LogP contribution in [0.1, 0.15) is 50.6 Å². The maximum atomic E-state index is 8.85. The van der Waals surface area contributed by atoms with E-state index in [0.29, 0.717) is 5.71 Å². The lowest BCUT2D eigenvalue weighted by molar-refractivity contribution is 0.641. The first-order valence-electron chi connectivity index (χ1n) is 11.8. The van der Waals surface area contributed by atoms with E-state index in [9.17, 15) is 0 Å². The van der Waals surface area contributed by atoms with Gasteiger partial charge < -0.3 is 4.42 Å². The highest BCUT2D eigenvalue weighted by Crippen LogP contribution is 2.37. The predicted octanol–water partition coefficient (Wildman–Crippen LogP) is 8.23. The minimum Gasteiger partial charge on any atom is -0.437 e. The molecule has 0 aliphatic rings. The maximum Gasteiger partial charge on any atom is 0.227 e. The summed E-state index contributed by atoms with van der Waals surface area (Å²) < 4.78 is 15.2. The molecule has 0 saturated carbocycles. The van der Waals surface area contributed by atoms with Crippen LogP contribution in [0.2, 0.25) is 0 Å². The molecule has 2 aromatic carbocycles. The molecule has 5 rings (SSSR count). The van der Waals surface area contributed by atoms with Crippen LogP contribution in [-0.2, 0) is 0 Å². The largest absolute Gasteiger partial charge is 0.437 e. The van der Waals surface area contributed by atoms with Crippen molar-refractivity contribution in [2.45, 2.75) is 46.4 Å². The molecule has 0 N–H and O–H groups in total. The molecule has 160 valence electrons. The maximum absolute atomic E-state index is 8.85. The van der Waals surface area contributed by atoms with Crippen molar-refractivity contribution >= 4 is 22.1 Å². The number of hydrogen-bond acceptors (Lipinski definition) is 3. The SMILES string of the molecule is [2H]C(CC)(CC)c1ccnc(-c2cccc3c2oc2nc(-c4c(C)cccc4C)ccc23)c1. The molecule has 0 spiro atoms. The minimum atomic E-state index is -0.610. The topological polar surface area (TPSA) is 38.9 Å². The number of aromatic nitrogens is 2. The van der Waals surface area contributed by atoms with E-state index < -0.39 is 5.89 Å². The lowest BCUT2D eigenvalue weighted by Crippen LogP contribution is -1.96. The summed E-state index contributed by atoms with van der Waals surface area (Å²) >= 11 is 0. The van der Waals surface area contributed by atoms with E-state index in [1.165, 1.54) is 11.1 Å². The van der Waals surface area contributed by atoms with Crippen LogP contribution in [0.5, 0.6) is 0 Å². The summed E-state index contributed by atoms with van der Waals surface area (Å²) in [7, 11) is 0. The summed E-state index contributed by atoms with van der Waals surface area (Å²) in [6.45, 7) is 8.36. The van der Waals surface area contributed by atoms with E-state index in [2.05, 4.69) is 69.1 Å². The van der Waals surface area contributed by atoms with Gasteiger partial charge in [0, 0.05) is 29.5 Å². The van der Waals surface area contributed by atoms with Gasteiger partial charge in [-0.15, -0.1) is 0 Å². The zero-order valence-electron chi connectivity index (χ0n) is 20.1. The molecule has 5 aromatic rings. The molecule has 0 radical (unpaired) electrons. The molecule has 0 aliphatic carbocycles. The van der Waals surface area contributed by atoms with Crippen LogP contribution in [0.15, 0.2) is 71.3 Å². The predicted molar refractivity (Wildman–Crippen MR) is 133 cm³/mol. The Kier molecular flexibility index (Phi) is 4.95. The van der Waals surface area contributed by atoms with Crippen LogP contribution in [0, 0.1) is 13.8 Å². The van der Waals surface area contributed by atoms with E-state index in [1.54, 1.807) is 6.20 Å². The second-order valence-corrected chi connectivity index (χ2v) is 8.34. The zero-order chi connectivity index (χ0) is 23.2. The smallest absolute Gasteiger partial charge is 0.227 e. The van der Waals surface area contributed by atoms with Crippen molar-refractivity contribution in [2.75, 3.05) is 0 Å². The summed E-state index contributed by atoms with van der Waals surface area (Å²) in [4.78, 5) is 9.54. The molecule has 0 bridgehead atoms. The number of benzene rings is 2. The molecule has 3 heterocycles. The number of nitrogens with zero attached hydrogens (tertiary/aromatic N) is 2. The highest BCUT2D eigenvalue weighted by Gasteiger charge is 2.17. The number of rotatable bonds is 5. The van der Waals surface area contributed by atoms with Crippen LogP contribution in [0.25, 0.3) is 44.6 Å². The number of hydrogen-bond donors (Lipinski definition) is 0. The Balaban J connectivity index is 1.68.